The number of hydrogen-bond acceptors (Lipinski definition) is 5. The normalized spacial score (nSPS) is 14.5. The molecule has 0 bridgehead atoms. The van der Waals surface area contributed by atoms with Crippen molar-refractivity contribution < 1.29 is 24.2 Å². The van der Waals surface area contributed by atoms with Gasteiger partial charge in [0, 0.05) is 6.54 Å². The number of esters is 1. The Morgan fingerprint density at radius 3 is 2.30 bits per heavy atom. The van der Waals surface area contributed by atoms with E-state index in [0.29, 0.717) is 18.5 Å². The average molecular weight is 409 g/mol. The largest absolute Gasteiger partial charge is 0.508 e. The minimum Gasteiger partial charge on any atom is -0.508 e. The number of amides is 1. The lowest BCUT2D eigenvalue weighted by Crippen LogP contribution is -2.41. The third-order valence-electron chi connectivity index (χ3n) is 4.80. The number of phenolic OH excluding ortho intramolecular Hbond substituents is 1. The summed E-state index contributed by atoms with van der Waals surface area (Å²) in [6.07, 6.45) is -0.0229. The Morgan fingerprint density at radius 1 is 1.00 bits per heavy atom. The molecule has 1 N–H and O–H groups in total. The lowest BCUT2D eigenvalue weighted by molar-refractivity contribution is -0.136. The molecule has 1 aliphatic rings. The van der Waals surface area contributed by atoms with Crippen LogP contribution in [0.15, 0.2) is 54.1 Å². The van der Waals surface area contributed by atoms with Gasteiger partial charge in [0.1, 0.15) is 11.4 Å². The molecule has 30 heavy (non-hydrogen) atoms. The molecule has 1 amide bonds. The number of carbonyl (C=O) groups is 2. The second-order valence-electron chi connectivity index (χ2n) is 8.24. The Bertz CT molecular complexity index is 973. The standard InChI is InChI=1S/C24H27NO5/c1-24(2,3)30-23(28)25-11-10-20(21(15-25)22(27)29-4)18-12-17(13-19(26)14-18)16-8-6-5-7-9-16/h5-9,12-14,26H,10-11,15H2,1-4H3. The van der Waals surface area contributed by atoms with E-state index >= 15 is 0 Å². The lowest BCUT2D eigenvalue weighted by Gasteiger charge is -2.32. The Labute approximate surface area is 176 Å². The van der Waals surface area contributed by atoms with Gasteiger partial charge in [-0.3, -0.25) is 0 Å². The van der Waals surface area contributed by atoms with Crippen LogP contribution in [0, 0.1) is 0 Å². The molecule has 3 rings (SSSR count). The van der Waals surface area contributed by atoms with Crippen LogP contribution in [0.1, 0.15) is 32.8 Å². The smallest absolute Gasteiger partial charge is 0.410 e. The van der Waals surface area contributed by atoms with Crippen LogP contribution in [0.4, 0.5) is 4.79 Å². The zero-order valence-electron chi connectivity index (χ0n) is 17.8. The van der Waals surface area contributed by atoms with E-state index in [1.807, 2.05) is 36.4 Å². The van der Waals surface area contributed by atoms with Crippen molar-refractivity contribution in [3.8, 4) is 16.9 Å². The van der Waals surface area contributed by atoms with Crippen LogP contribution in [0.25, 0.3) is 16.7 Å². The molecule has 2 aromatic rings. The van der Waals surface area contributed by atoms with Crippen LogP contribution in [0.5, 0.6) is 5.75 Å². The van der Waals surface area contributed by atoms with Crippen molar-refractivity contribution in [1.29, 1.82) is 0 Å². The number of carbonyl (C=O) groups excluding carboxylic acids is 2. The van der Waals surface area contributed by atoms with Gasteiger partial charge in [0.05, 0.1) is 19.2 Å². The second kappa shape index (κ2) is 8.61. The molecule has 0 atom stereocenters. The predicted octanol–water partition coefficient (Wildman–Crippen LogP) is 4.63. The van der Waals surface area contributed by atoms with E-state index < -0.39 is 17.7 Å². The first kappa shape index (κ1) is 21.4. The van der Waals surface area contributed by atoms with Crippen LogP contribution in [-0.2, 0) is 14.3 Å². The molecule has 1 heterocycles. The van der Waals surface area contributed by atoms with Crippen molar-refractivity contribution in [3.05, 3.63) is 59.7 Å². The summed E-state index contributed by atoms with van der Waals surface area (Å²) in [5, 5.41) is 10.3. The van der Waals surface area contributed by atoms with Gasteiger partial charge in [-0.15, -0.1) is 0 Å². The van der Waals surface area contributed by atoms with E-state index in [1.165, 1.54) is 12.0 Å². The topological polar surface area (TPSA) is 76.1 Å². The van der Waals surface area contributed by atoms with Gasteiger partial charge in [0.25, 0.3) is 0 Å². The van der Waals surface area contributed by atoms with E-state index in [0.717, 1.165) is 22.3 Å². The third-order valence-corrected chi connectivity index (χ3v) is 4.80. The maximum absolute atomic E-state index is 12.5. The number of nitrogens with zero attached hydrogens (tertiary/aromatic N) is 1. The van der Waals surface area contributed by atoms with Crippen molar-refractivity contribution in [3.63, 3.8) is 0 Å². The Hall–Kier alpha value is -3.28. The van der Waals surface area contributed by atoms with Gasteiger partial charge in [0.2, 0.25) is 0 Å². The zero-order chi connectivity index (χ0) is 21.9. The molecule has 2 aromatic carbocycles. The monoisotopic (exact) mass is 409 g/mol. The summed E-state index contributed by atoms with van der Waals surface area (Å²) in [6.45, 7) is 5.90. The minimum atomic E-state index is -0.623. The summed E-state index contributed by atoms with van der Waals surface area (Å²) in [5.41, 5.74) is 3.06. The van der Waals surface area contributed by atoms with Crippen LogP contribution in [0.2, 0.25) is 0 Å². The highest BCUT2D eigenvalue weighted by Crippen LogP contribution is 2.34. The van der Waals surface area contributed by atoms with Crippen LogP contribution >= 0.6 is 0 Å². The SMILES string of the molecule is COC(=O)C1=C(c2cc(O)cc(-c3ccccc3)c2)CCN(C(=O)OC(C)(C)C)C1. The summed E-state index contributed by atoms with van der Waals surface area (Å²) in [6, 6.07) is 15.0. The highest BCUT2D eigenvalue weighted by molar-refractivity contribution is 5.99. The fourth-order valence-electron chi connectivity index (χ4n) is 3.46. The van der Waals surface area contributed by atoms with Gasteiger partial charge < -0.3 is 19.5 Å². The first-order valence-electron chi connectivity index (χ1n) is 9.86. The van der Waals surface area contributed by atoms with Crippen LogP contribution < -0.4 is 0 Å². The van der Waals surface area contributed by atoms with Gasteiger partial charge in [-0.25, -0.2) is 9.59 Å². The minimum absolute atomic E-state index is 0.0905. The predicted molar refractivity (Wildman–Crippen MR) is 115 cm³/mol. The highest BCUT2D eigenvalue weighted by atomic mass is 16.6. The maximum Gasteiger partial charge on any atom is 0.410 e. The Morgan fingerprint density at radius 2 is 1.67 bits per heavy atom. The zero-order valence-corrected chi connectivity index (χ0v) is 17.8. The molecule has 0 aliphatic carbocycles. The third kappa shape index (κ3) is 5.00. The number of aromatic hydroxyl groups is 1. The van der Waals surface area contributed by atoms with Gasteiger partial charge in [-0.1, -0.05) is 30.3 Å². The van der Waals surface area contributed by atoms with Crippen molar-refractivity contribution in [1.82, 2.24) is 4.90 Å². The molecule has 6 nitrogen and oxygen atoms in total. The molecule has 0 spiro atoms. The quantitative estimate of drug-likeness (QED) is 0.748. The highest BCUT2D eigenvalue weighted by Gasteiger charge is 2.31. The molecular weight excluding hydrogens is 382 g/mol. The van der Waals surface area contributed by atoms with E-state index in [1.54, 1.807) is 32.9 Å². The molecule has 1 aliphatic heterocycles. The summed E-state index contributed by atoms with van der Waals surface area (Å²) in [5.74, 6) is -0.388. The first-order chi connectivity index (χ1) is 14.2. The maximum atomic E-state index is 12.5. The summed E-state index contributed by atoms with van der Waals surface area (Å²) in [7, 11) is 1.32. The van der Waals surface area contributed by atoms with Crippen LogP contribution in [0.3, 0.4) is 0 Å². The number of phenols is 1. The molecule has 0 saturated heterocycles. The number of hydrogen-bond donors (Lipinski definition) is 1. The fourth-order valence-corrected chi connectivity index (χ4v) is 3.46. The van der Waals surface area contributed by atoms with Crippen LogP contribution in [-0.4, -0.2) is 47.9 Å². The average Bonchev–Trinajstić information content (AvgIpc) is 2.71. The molecular formula is C24H27NO5. The Balaban J connectivity index is 1.99. The summed E-state index contributed by atoms with van der Waals surface area (Å²) in [4.78, 5) is 26.5. The molecule has 0 radical (unpaired) electrons. The molecule has 0 aromatic heterocycles. The molecule has 6 heteroatoms. The van der Waals surface area contributed by atoms with Gasteiger partial charge in [-0.2, -0.15) is 0 Å². The lowest BCUT2D eigenvalue weighted by atomic mass is 9.91. The number of benzene rings is 2. The van der Waals surface area contributed by atoms with Crippen molar-refractivity contribution >= 4 is 17.6 Å². The summed E-state index contributed by atoms with van der Waals surface area (Å²) < 4.78 is 10.4. The second-order valence-corrected chi connectivity index (χ2v) is 8.24. The fraction of sp³-hybridized carbons (Fsp3) is 0.333. The molecule has 0 saturated carbocycles. The van der Waals surface area contributed by atoms with Gasteiger partial charge in [0.15, 0.2) is 0 Å². The van der Waals surface area contributed by atoms with Crippen molar-refractivity contribution in [2.75, 3.05) is 20.2 Å². The molecule has 0 unspecified atom stereocenters. The van der Waals surface area contributed by atoms with Gasteiger partial charge >= 0.3 is 12.1 Å². The molecule has 0 fully saturated rings. The number of methoxy groups -OCH3 is 1. The number of rotatable bonds is 3. The van der Waals surface area contributed by atoms with Crippen molar-refractivity contribution in [2.24, 2.45) is 0 Å². The molecule has 158 valence electrons. The number of ether oxygens (including phenoxy) is 2. The Kier molecular flexibility index (Phi) is 6.15. The summed E-state index contributed by atoms with van der Waals surface area (Å²) >= 11 is 0. The van der Waals surface area contributed by atoms with E-state index in [4.69, 9.17) is 9.47 Å². The van der Waals surface area contributed by atoms with E-state index in [9.17, 15) is 14.7 Å². The van der Waals surface area contributed by atoms with Crippen molar-refractivity contribution in [2.45, 2.75) is 32.8 Å². The first-order valence-corrected chi connectivity index (χ1v) is 9.86. The van der Waals surface area contributed by atoms with Gasteiger partial charge in [-0.05, 0) is 67.7 Å². The van der Waals surface area contributed by atoms with E-state index in [2.05, 4.69) is 0 Å². The van der Waals surface area contributed by atoms with E-state index in [-0.39, 0.29) is 12.3 Å².